The summed E-state index contributed by atoms with van der Waals surface area (Å²) < 4.78 is 16.0. The maximum atomic E-state index is 11.9. The molecule has 8 heteroatoms. The Hall–Kier alpha value is -3.00. The summed E-state index contributed by atoms with van der Waals surface area (Å²) in [6, 6.07) is 11.6. The molecule has 0 saturated heterocycles. The van der Waals surface area contributed by atoms with E-state index >= 15 is 0 Å². The van der Waals surface area contributed by atoms with E-state index in [1.165, 1.54) is 0 Å². The third kappa shape index (κ3) is 7.50. The van der Waals surface area contributed by atoms with E-state index in [4.69, 9.17) is 26.4 Å². The maximum Gasteiger partial charge on any atom is 0.276 e. The van der Waals surface area contributed by atoms with Crippen LogP contribution in [0.3, 0.4) is 0 Å². The zero-order chi connectivity index (χ0) is 21.2. The van der Waals surface area contributed by atoms with Crippen LogP contribution in [0.15, 0.2) is 36.4 Å². The van der Waals surface area contributed by atoms with E-state index in [1.807, 2.05) is 50.2 Å². The molecule has 0 aromatic heterocycles. The second kappa shape index (κ2) is 11.1. The van der Waals surface area contributed by atoms with Gasteiger partial charge >= 0.3 is 0 Å². The van der Waals surface area contributed by atoms with Crippen LogP contribution in [0.5, 0.6) is 17.2 Å². The molecule has 0 heterocycles. The van der Waals surface area contributed by atoms with Crippen LogP contribution in [0.4, 0.5) is 0 Å². The summed E-state index contributed by atoms with van der Waals surface area (Å²) in [5, 5.41) is 3.36. The lowest BCUT2D eigenvalue weighted by molar-refractivity contribution is -0.123. The highest BCUT2D eigenvalue weighted by Gasteiger charge is 2.06. The van der Waals surface area contributed by atoms with Crippen molar-refractivity contribution in [3.8, 4) is 17.2 Å². The van der Waals surface area contributed by atoms with E-state index in [0.29, 0.717) is 28.9 Å². The minimum absolute atomic E-state index is 0.107. The van der Waals surface area contributed by atoms with Crippen molar-refractivity contribution >= 4 is 23.2 Å². The first kappa shape index (κ1) is 22.3. The van der Waals surface area contributed by atoms with E-state index in [9.17, 15) is 4.79 Å². The van der Waals surface area contributed by atoms with Crippen molar-refractivity contribution in [2.75, 3.05) is 27.4 Å². The normalized spacial score (nSPS) is 10.1. The van der Waals surface area contributed by atoms with Crippen LogP contribution in [0.1, 0.15) is 16.7 Å². The Labute approximate surface area is 176 Å². The lowest BCUT2D eigenvalue weighted by Gasteiger charge is -2.13. The Morgan fingerprint density at radius 2 is 1.66 bits per heavy atom. The number of ether oxygens (including phenoxy) is 3. The van der Waals surface area contributed by atoms with Gasteiger partial charge in [0.05, 0.1) is 14.2 Å². The van der Waals surface area contributed by atoms with Gasteiger partial charge in [0.2, 0.25) is 0 Å². The molecule has 1 amide bonds. The van der Waals surface area contributed by atoms with Gasteiger partial charge in [0.15, 0.2) is 23.2 Å². The van der Waals surface area contributed by atoms with Gasteiger partial charge in [-0.2, -0.15) is 0 Å². The fraction of sp³-hybridized carbons (Fsp3) is 0.333. The van der Waals surface area contributed by atoms with Gasteiger partial charge in [0, 0.05) is 6.54 Å². The SMILES string of the molecule is COc1ccc(CCNC(=S)NNC(=O)COc2cc(C)cc(C)c2)cc1OC. The van der Waals surface area contributed by atoms with Gasteiger partial charge < -0.3 is 19.5 Å². The summed E-state index contributed by atoms with van der Waals surface area (Å²) in [5.74, 6) is 1.70. The highest BCUT2D eigenvalue weighted by molar-refractivity contribution is 7.80. The summed E-state index contributed by atoms with van der Waals surface area (Å²) in [6.07, 6.45) is 0.728. The van der Waals surface area contributed by atoms with Crippen molar-refractivity contribution in [3.63, 3.8) is 0 Å². The number of nitrogens with one attached hydrogen (secondary N) is 3. The van der Waals surface area contributed by atoms with Crippen LogP contribution in [-0.2, 0) is 11.2 Å². The largest absolute Gasteiger partial charge is 0.493 e. The van der Waals surface area contributed by atoms with Crippen LogP contribution < -0.4 is 30.4 Å². The van der Waals surface area contributed by atoms with Crippen molar-refractivity contribution in [1.82, 2.24) is 16.2 Å². The quantitative estimate of drug-likeness (QED) is 0.450. The molecule has 2 aromatic rings. The summed E-state index contributed by atoms with van der Waals surface area (Å²) in [7, 11) is 3.20. The predicted molar refractivity (Wildman–Crippen MR) is 117 cm³/mol. The van der Waals surface area contributed by atoms with Crippen molar-refractivity contribution in [2.24, 2.45) is 0 Å². The molecular formula is C21H27N3O4S. The molecule has 0 aliphatic heterocycles. The monoisotopic (exact) mass is 417 g/mol. The Bertz CT molecular complexity index is 838. The Balaban J connectivity index is 1.68. The molecule has 0 aliphatic rings. The minimum Gasteiger partial charge on any atom is -0.493 e. The first-order valence-electron chi connectivity index (χ1n) is 9.16. The molecule has 2 aromatic carbocycles. The highest BCUT2D eigenvalue weighted by atomic mass is 32.1. The first-order chi connectivity index (χ1) is 13.9. The average molecular weight is 418 g/mol. The number of hydrogen-bond donors (Lipinski definition) is 3. The van der Waals surface area contributed by atoms with Gasteiger partial charge in [-0.15, -0.1) is 0 Å². The molecule has 0 fully saturated rings. The van der Waals surface area contributed by atoms with Gasteiger partial charge in [-0.3, -0.25) is 15.6 Å². The topological polar surface area (TPSA) is 80.9 Å². The molecule has 0 saturated carbocycles. The van der Waals surface area contributed by atoms with Gasteiger partial charge in [-0.1, -0.05) is 12.1 Å². The number of rotatable bonds is 8. The average Bonchev–Trinajstić information content (AvgIpc) is 2.69. The summed E-state index contributed by atoms with van der Waals surface area (Å²) in [4.78, 5) is 11.9. The number of carbonyl (C=O) groups excluding carboxylic acids is 1. The number of hydrazine groups is 1. The number of amides is 1. The zero-order valence-electron chi connectivity index (χ0n) is 17.1. The Morgan fingerprint density at radius 3 is 2.31 bits per heavy atom. The second-order valence-electron chi connectivity index (χ2n) is 6.48. The number of aryl methyl sites for hydroxylation is 2. The molecule has 0 unspecified atom stereocenters. The van der Waals surface area contributed by atoms with Crippen LogP contribution >= 0.6 is 12.2 Å². The van der Waals surface area contributed by atoms with E-state index in [-0.39, 0.29) is 12.5 Å². The molecule has 0 aliphatic carbocycles. The number of methoxy groups -OCH3 is 2. The fourth-order valence-electron chi connectivity index (χ4n) is 2.73. The highest BCUT2D eigenvalue weighted by Crippen LogP contribution is 2.27. The zero-order valence-corrected chi connectivity index (χ0v) is 17.9. The molecular weight excluding hydrogens is 390 g/mol. The standard InChI is InChI=1S/C21H27N3O4S/c1-14-9-15(2)11-17(10-14)28-13-20(25)23-24-21(29)22-8-7-16-5-6-18(26-3)19(12-16)27-4/h5-6,9-12H,7-8,13H2,1-4H3,(H,23,25)(H2,22,24,29). The van der Waals surface area contributed by atoms with Gasteiger partial charge in [0.1, 0.15) is 5.75 Å². The molecule has 0 spiro atoms. The molecule has 0 bridgehead atoms. The van der Waals surface area contributed by atoms with Gasteiger partial charge in [-0.25, -0.2) is 0 Å². The summed E-state index contributed by atoms with van der Waals surface area (Å²) in [5.41, 5.74) is 8.41. The van der Waals surface area contributed by atoms with Crippen LogP contribution in [0, 0.1) is 13.8 Å². The van der Waals surface area contributed by atoms with E-state index in [0.717, 1.165) is 23.1 Å². The van der Waals surface area contributed by atoms with Crippen molar-refractivity contribution in [2.45, 2.75) is 20.3 Å². The Kier molecular flexibility index (Phi) is 8.54. The van der Waals surface area contributed by atoms with Crippen LogP contribution in [-0.4, -0.2) is 38.4 Å². The molecule has 156 valence electrons. The second-order valence-corrected chi connectivity index (χ2v) is 6.89. The minimum atomic E-state index is -0.326. The number of carbonyl (C=O) groups is 1. The van der Waals surface area contributed by atoms with Gasteiger partial charge in [-0.05, 0) is 73.4 Å². The predicted octanol–water partition coefficient (Wildman–Crippen LogP) is 2.44. The van der Waals surface area contributed by atoms with Crippen molar-refractivity contribution in [1.29, 1.82) is 0 Å². The number of benzene rings is 2. The molecule has 0 radical (unpaired) electrons. The third-order valence-electron chi connectivity index (χ3n) is 4.03. The summed E-state index contributed by atoms with van der Waals surface area (Å²) in [6.45, 7) is 4.45. The van der Waals surface area contributed by atoms with E-state index in [2.05, 4.69) is 16.2 Å². The molecule has 7 nitrogen and oxygen atoms in total. The van der Waals surface area contributed by atoms with Crippen molar-refractivity contribution < 1.29 is 19.0 Å². The van der Waals surface area contributed by atoms with E-state index < -0.39 is 0 Å². The van der Waals surface area contributed by atoms with E-state index in [1.54, 1.807) is 14.2 Å². The van der Waals surface area contributed by atoms with Crippen LogP contribution in [0.25, 0.3) is 0 Å². The molecule has 0 atom stereocenters. The lowest BCUT2D eigenvalue weighted by Crippen LogP contribution is -2.48. The van der Waals surface area contributed by atoms with Crippen LogP contribution in [0.2, 0.25) is 0 Å². The molecule has 2 rings (SSSR count). The number of thiocarbonyl (C=S) groups is 1. The fourth-order valence-corrected chi connectivity index (χ4v) is 2.88. The summed E-state index contributed by atoms with van der Waals surface area (Å²) >= 11 is 5.17. The molecule has 29 heavy (non-hydrogen) atoms. The maximum absolute atomic E-state index is 11.9. The lowest BCUT2D eigenvalue weighted by atomic mass is 10.1. The van der Waals surface area contributed by atoms with Gasteiger partial charge in [0.25, 0.3) is 5.91 Å². The molecule has 3 N–H and O–H groups in total. The third-order valence-corrected chi connectivity index (χ3v) is 4.27. The van der Waals surface area contributed by atoms with Crippen molar-refractivity contribution in [3.05, 3.63) is 53.1 Å². The smallest absolute Gasteiger partial charge is 0.276 e. The first-order valence-corrected chi connectivity index (χ1v) is 9.56. The Morgan fingerprint density at radius 1 is 0.966 bits per heavy atom. The number of hydrogen-bond acceptors (Lipinski definition) is 5.